The fourth-order valence-electron chi connectivity index (χ4n) is 2.72. The van der Waals surface area contributed by atoms with Crippen LogP contribution in [0.15, 0.2) is 0 Å². The molecule has 2 rings (SSSR count). The van der Waals surface area contributed by atoms with Crippen LogP contribution in [0.3, 0.4) is 0 Å². The Morgan fingerprint density at radius 1 is 1.24 bits per heavy atom. The third-order valence-corrected chi connectivity index (χ3v) is 3.96. The third-order valence-electron chi connectivity index (χ3n) is 3.96. The average molecular weight is 298 g/mol. The molecule has 2 aliphatic heterocycles. The predicted molar refractivity (Wildman–Crippen MR) is 74.8 cm³/mol. The molecule has 0 aromatic carbocycles. The molecule has 2 saturated heterocycles. The molecule has 0 bridgehead atoms. The number of urea groups is 1. The summed E-state index contributed by atoms with van der Waals surface area (Å²) in [7, 11) is 1.73. The summed E-state index contributed by atoms with van der Waals surface area (Å²) in [6, 6.07) is -0.665. The number of likely N-dealkylation sites (tertiary alicyclic amines) is 1. The zero-order valence-corrected chi connectivity index (χ0v) is 12.2. The molecule has 2 N–H and O–H groups in total. The van der Waals surface area contributed by atoms with Crippen molar-refractivity contribution in [2.45, 2.75) is 18.9 Å². The van der Waals surface area contributed by atoms with Crippen LogP contribution in [0.4, 0.5) is 4.79 Å². The van der Waals surface area contributed by atoms with Crippen LogP contribution in [-0.4, -0.2) is 90.1 Å². The number of nitrogens with zero attached hydrogens (tertiary/aromatic N) is 3. The summed E-state index contributed by atoms with van der Waals surface area (Å²) in [5.74, 6) is -0.904. The zero-order chi connectivity index (χ0) is 15.4. The Hall–Kier alpha value is -1.83. The van der Waals surface area contributed by atoms with Crippen LogP contribution < -0.4 is 5.32 Å². The van der Waals surface area contributed by atoms with E-state index in [2.05, 4.69) is 5.32 Å². The highest BCUT2D eigenvalue weighted by atomic mass is 16.4. The summed E-state index contributed by atoms with van der Waals surface area (Å²) in [6.07, 6.45) is 1.37. The van der Waals surface area contributed by atoms with E-state index >= 15 is 0 Å². The minimum absolute atomic E-state index is 0.00135. The molecule has 0 aliphatic carbocycles. The summed E-state index contributed by atoms with van der Waals surface area (Å²) in [5, 5.41) is 11.6. The van der Waals surface area contributed by atoms with Crippen LogP contribution >= 0.6 is 0 Å². The maximum atomic E-state index is 12.2. The van der Waals surface area contributed by atoms with Gasteiger partial charge in [0.15, 0.2) is 0 Å². The van der Waals surface area contributed by atoms with Gasteiger partial charge in [-0.1, -0.05) is 0 Å². The van der Waals surface area contributed by atoms with Gasteiger partial charge < -0.3 is 20.2 Å². The minimum Gasteiger partial charge on any atom is -0.480 e. The van der Waals surface area contributed by atoms with Crippen LogP contribution in [0.1, 0.15) is 12.8 Å². The van der Waals surface area contributed by atoms with Crippen molar-refractivity contribution in [1.82, 2.24) is 20.0 Å². The van der Waals surface area contributed by atoms with Crippen LogP contribution in [0.25, 0.3) is 0 Å². The quantitative estimate of drug-likeness (QED) is 0.698. The first-order valence-corrected chi connectivity index (χ1v) is 7.22. The molecule has 2 aliphatic rings. The number of aliphatic carboxylic acids is 1. The highest BCUT2D eigenvalue weighted by Gasteiger charge is 2.31. The first-order valence-electron chi connectivity index (χ1n) is 7.22. The number of carbonyl (C=O) groups excluding carboxylic acids is 2. The van der Waals surface area contributed by atoms with Crippen molar-refractivity contribution in [3.05, 3.63) is 0 Å². The highest BCUT2D eigenvalue weighted by Crippen LogP contribution is 2.10. The number of carboxylic acids is 1. The molecule has 1 unspecified atom stereocenters. The van der Waals surface area contributed by atoms with Crippen LogP contribution in [0.2, 0.25) is 0 Å². The van der Waals surface area contributed by atoms with E-state index in [1.54, 1.807) is 16.8 Å². The normalized spacial score (nSPS) is 24.0. The number of amides is 3. The molecule has 0 spiro atoms. The third kappa shape index (κ3) is 4.07. The van der Waals surface area contributed by atoms with Crippen molar-refractivity contribution in [3.8, 4) is 0 Å². The lowest BCUT2D eigenvalue weighted by atomic mass is 10.2. The molecule has 1 atom stereocenters. The van der Waals surface area contributed by atoms with Gasteiger partial charge in [-0.2, -0.15) is 0 Å². The summed E-state index contributed by atoms with van der Waals surface area (Å²) in [5.41, 5.74) is 0. The van der Waals surface area contributed by atoms with Gasteiger partial charge in [0.25, 0.3) is 0 Å². The van der Waals surface area contributed by atoms with E-state index in [0.717, 1.165) is 6.42 Å². The summed E-state index contributed by atoms with van der Waals surface area (Å²) < 4.78 is 0. The Morgan fingerprint density at radius 2 is 2.00 bits per heavy atom. The van der Waals surface area contributed by atoms with Gasteiger partial charge in [0.05, 0.1) is 6.54 Å². The summed E-state index contributed by atoms with van der Waals surface area (Å²) in [4.78, 5) is 39.8. The molecule has 21 heavy (non-hydrogen) atoms. The second-order valence-corrected chi connectivity index (χ2v) is 5.56. The second kappa shape index (κ2) is 6.75. The van der Waals surface area contributed by atoms with Gasteiger partial charge in [-0.25, -0.2) is 4.79 Å². The van der Waals surface area contributed by atoms with Crippen LogP contribution in [0.5, 0.6) is 0 Å². The molecule has 118 valence electrons. The van der Waals surface area contributed by atoms with Crippen molar-refractivity contribution >= 4 is 17.9 Å². The molecule has 2 heterocycles. The summed E-state index contributed by atoms with van der Waals surface area (Å²) in [6.45, 7) is 2.94. The Labute approximate surface area is 123 Å². The molecule has 8 heteroatoms. The van der Waals surface area contributed by atoms with Gasteiger partial charge in [0.1, 0.15) is 6.04 Å². The molecule has 0 saturated carbocycles. The highest BCUT2D eigenvalue weighted by molar-refractivity contribution is 5.88. The van der Waals surface area contributed by atoms with E-state index < -0.39 is 12.0 Å². The van der Waals surface area contributed by atoms with Gasteiger partial charge >= 0.3 is 12.0 Å². The molecule has 8 nitrogen and oxygen atoms in total. The number of nitrogens with one attached hydrogen (secondary N) is 1. The molecular formula is C13H22N4O4. The van der Waals surface area contributed by atoms with Crippen LogP contribution in [-0.2, 0) is 9.59 Å². The van der Waals surface area contributed by atoms with Crippen molar-refractivity contribution < 1.29 is 19.5 Å². The van der Waals surface area contributed by atoms with Gasteiger partial charge in [-0.3, -0.25) is 14.5 Å². The molecule has 3 amide bonds. The first kappa shape index (κ1) is 15.6. The maximum Gasteiger partial charge on any atom is 0.318 e. The Bertz CT molecular complexity index is 428. The van der Waals surface area contributed by atoms with Crippen molar-refractivity contribution in [3.63, 3.8) is 0 Å². The lowest BCUT2D eigenvalue weighted by Crippen LogP contribution is -2.48. The van der Waals surface area contributed by atoms with E-state index in [4.69, 9.17) is 5.11 Å². The number of hydrogen-bond acceptors (Lipinski definition) is 4. The second-order valence-electron chi connectivity index (χ2n) is 5.56. The van der Waals surface area contributed by atoms with Crippen LogP contribution in [0, 0.1) is 0 Å². The molecular weight excluding hydrogens is 276 g/mol. The van der Waals surface area contributed by atoms with Crippen molar-refractivity contribution in [2.75, 3.05) is 46.3 Å². The van der Waals surface area contributed by atoms with Crippen molar-refractivity contribution in [1.29, 1.82) is 0 Å². The van der Waals surface area contributed by atoms with E-state index in [-0.39, 0.29) is 18.5 Å². The van der Waals surface area contributed by atoms with Crippen molar-refractivity contribution in [2.24, 2.45) is 0 Å². The Kier molecular flexibility index (Phi) is 5.00. The maximum absolute atomic E-state index is 12.2. The smallest absolute Gasteiger partial charge is 0.318 e. The Balaban J connectivity index is 1.83. The van der Waals surface area contributed by atoms with E-state index in [1.165, 1.54) is 0 Å². The standard InChI is InChI=1S/C13H22N4O4/c1-15-6-3-10(12(15)20)14-13(21)17-5-2-4-16(7-8-17)9-11(18)19/h10H,2-9H2,1H3,(H,14,21)(H,18,19). The first-order chi connectivity index (χ1) is 9.97. The SMILES string of the molecule is CN1CCC(NC(=O)N2CCCN(CC(=O)O)CC2)C1=O. The molecule has 0 aromatic heterocycles. The summed E-state index contributed by atoms with van der Waals surface area (Å²) >= 11 is 0. The number of likely N-dealkylation sites (N-methyl/N-ethyl adjacent to an activating group) is 1. The van der Waals surface area contributed by atoms with E-state index in [9.17, 15) is 14.4 Å². The van der Waals surface area contributed by atoms with E-state index in [0.29, 0.717) is 39.1 Å². The number of rotatable bonds is 3. The molecule has 0 aromatic rings. The zero-order valence-electron chi connectivity index (χ0n) is 12.2. The van der Waals surface area contributed by atoms with Gasteiger partial charge in [0, 0.05) is 39.8 Å². The fourth-order valence-corrected chi connectivity index (χ4v) is 2.72. The number of carboxylic acid groups (broad SMARTS) is 1. The fraction of sp³-hybridized carbons (Fsp3) is 0.769. The average Bonchev–Trinajstić information content (AvgIpc) is 2.65. The topological polar surface area (TPSA) is 93.2 Å². The number of hydrogen-bond donors (Lipinski definition) is 2. The Morgan fingerprint density at radius 3 is 2.62 bits per heavy atom. The lowest BCUT2D eigenvalue weighted by molar-refractivity contribution is -0.138. The monoisotopic (exact) mass is 298 g/mol. The van der Waals surface area contributed by atoms with Gasteiger partial charge in [0.2, 0.25) is 5.91 Å². The van der Waals surface area contributed by atoms with Gasteiger partial charge in [-0.15, -0.1) is 0 Å². The van der Waals surface area contributed by atoms with Gasteiger partial charge in [-0.05, 0) is 12.8 Å². The predicted octanol–water partition coefficient (Wildman–Crippen LogP) is -0.981. The minimum atomic E-state index is -0.854. The molecule has 2 fully saturated rings. The number of carbonyl (C=O) groups is 3. The largest absolute Gasteiger partial charge is 0.480 e. The lowest BCUT2D eigenvalue weighted by Gasteiger charge is -2.23. The van der Waals surface area contributed by atoms with E-state index in [1.807, 2.05) is 4.90 Å². The molecule has 0 radical (unpaired) electrons.